The third kappa shape index (κ3) is 3.55. The number of halogens is 2. The van der Waals surface area contributed by atoms with Gasteiger partial charge >= 0.3 is 0 Å². The number of benzene rings is 1. The Balaban J connectivity index is 2.17. The molecule has 0 aliphatic carbocycles. The molecule has 2 rings (SSSR count). The van der Waals surface area contributed by atoms with Crippen molar-refractivity contribution in [1.29, 1.82) is 0 Å². The van der Waals surface area contributed by atoms with Crippen LogP contribution in [0.5, 0.6) is 0 Å². The van der Waals surface area contributed by atoms with Gasteiger partial charge in [-0.2, -0.15) is 0 Å². The molecule has 0 unspecified atom stereocenters. The van der Waals surface area contributed by atoms with Gasteiger partial charge in [0.15, 0.2) is 0 Å². The van der Waals surface area contributed by atoms with E-state index in [-0.39, 0.29) is 11.9 Å². The SMILES string of the molecule is C[C@H](N)c1ccc(N(C)Cc2cc(Br)cs2)c(F)c1. The lowest BCUT2D eigenvalue weighted by molar-refractivity contribution is 0.617. The predicted molar refractivity (Wildman–Crippen MR) is 83.1 cm³/mol. The first-order valence-electron chi connectivity index (χ1n) is 5.96. The second kappa shape index (κ2) is 6.03. The lowest BCUT2D eigenvalue weighted by atomic mass is 10.1. The van der Waals surface area contributed by atoms with Crippen molar-refractivity contribution in [1.82, 2.24) is 0 Å². The average molecular weight is 343 g/mol. The van der Waals surface area contributed by atoms with Crippen molar-refractivity contribution in [3.05, 3.63) is 50.4 Å². The first-order valence-corrected chi connectivity index (χ1v) is 7.63. The molecule has 1 atom stereocenters. The van der Waals surface area contributed by atoms with Crippen LogP contribution in [0.2, 0.25) is 0 Å². The number of nitrogens with two attached hydrogens (primary N) is 1. The number of thiophene rings is 1. The van der Waals surface area contributed by atoms with Crippen molar-refractivity contribution in [2.75, 3.05) is 11.9 Å². The van der Waals surface area contributed by atoms with Crippen LogP contribution >= 0.6 is 27.3 Å². The fourth-order valence-electron chi connectivity index (χ4n) is 1.87. The van der Waals surface area contributed by atoms with Crippen LogP contribution < -0.4 is 10.6 Å². The molecule has 0 aliphatic rings. The van der Waals surface area contributed by atoms with Gasteiger partial charge in [0.2, 0.25) is 0 Å². The Bertz CT molecular complexity index is 568. The fourth-order valence-corrected chi connectivity index (χ4v) is 3.38. The molecule has 19 heavy (non-hydrogen) atoms. The molecule has 0 fully saturated rings. The number of hydrogen-bond acceptors (Lipinski definition) is 3. The van der Waals surface area contributed by atoms with Gasteiger partial charge in [-0.1, -0.05) is 6.07 Å². The molecule has 0 amide bonds. The third-order valence-corrected chi connectivity index (χ3v) is 4.61. The normalized spacial score (nSPS) is 12.5. The minimum atomic E-state index is -0.229. The largest absolute Gasteiger partial charge is 0.367 e. The van der Waals surface area contributed by atoms with Crippen LogP contribution in [0, 0.1) is 5.82 Å². The Labute approximate surface area is 125 Å². The van der Waals surface area contributed by atoms with Crippen LogP contribution in [0.15, 0.2) is 34.1 Å². The van der Waals surface area contributed by atoms with E-state index >= 15 is 0 Å². The van der Waals surface area contributed by atoms with E-state index in [2.05, 4.69) is 22.0 Å². The summed E-state index contributed by atoms with van der Waals surface area (Å²) in [5.74, 6) is -0.229. The van der Waals surface area contributed by atoms with E-state index in [0.717, 1.165) is 10.0 Å². The van der Waals surface area contributed by atoms with Crippen LogP contribution in [-0.2, 0) is 6.54 Å². The molecule has 2 N–H and O–H groups in total. The topological polar surface area (TPSA) is 29.3 Å². The molecule has 1 aromatic carbocycles. The highest BCUT2D eigenvalue weighted by atomic mass is 79.9. The van der Waals surface area contributed by atoms with E-state index in [4.69, 9.17) is 5.73 Å². The molecule has 0 radical (unpaired) electrons. The van der Waals surface area contributed by atoms with E-state index in [9.17, 15) is 4.39 Å². The Morgan fingerprint density at radius 3 is 2.68 bits per heavy atom. The maximum Gasteiger partial charge on any atom is 0.146 e. The molecule has 1 aromatic heterocycles. The van der Waals surface area contributed by atoms with Gasteiger partial charge in [0.05, 0.1) is 12.2 Å². The van der Waals surface area contributed by atoms with Gasteiger partial charge in [0.25, 0.3) is 0 Å². The highest BCUT2D eigenvalue weighted by molar-refractivity contribution is 9.10. The van der Waals surface area contributed by atoms with Crippen molar-refractivity contribution in [2.45, 2.75) is 19.5 Å². The standard InChI is InChI=1S/C14H16BrFN2S/c1-9(17)10-3-4-14(13(16)5-10)18(2)7-12-6-11(15)8-19-12/h3-6,8-9H,7,17H2,1-2H3/t9-/m0/s1. The van der Waals surface area contributed by atoms with Gasteiger partial charge in [0.1, 0.15) is 5.82 Å². The van der Waals surface area contributed by atoms with Gasteiger partial charge in [-0.25, -0.2) is 4.39 Å². The molecule has 0 saturated carbocycles. The van der Waals surface area contributed by atoms with Gasteiger partial charge < -0.3 is 10.6 Å². The molecular weight excluding hydrogens is 327 g/mol. The highest BCUT2D eigenvalue weighted by Gasteiger charge is 2.11. The molecule has 0 saturated heterocycles. The van der Waals surface area contributed by atoms with Crippen molar-refractivity contribution >= 4 is 33.0 Å². The number of rotatable bonds is 4. The maximum atomic E-state index is 14.1. The quantitative estimate of drug-likeness (QED) is 0.897. The monoisotopic (exact) mass is 342 g/mol. The van der Waals surface area contributed by atoms with Crippen molar-refractivity contribution < 1.29 is 4.39 Å². The minimum absolute atomic E-state index is 0.151. The number of nitrogens with zero attached hydrogens (tertiary/aromatic N) is 1. The zero-order valence-electron chi connectivity index (χ0n) is 10.9. The van der Waals surface area contributed by atoms with Gasteiger partial charge in [-0.3, -0.25) is 0 Å². The number of anilines is 1. The zero-order valence-corrected chi connectivity index (χ0v) is 13.3. The average Bonchev–Trinajstić information content (AvgIpc) is 2.74. The summed E-state index contributed by atoms with van der Waals surface area (Å²) < 4.78 is 15.1. The summed E-state index contributed by atoms with van der Waals surface area (Å²) >= 11 is 5.08. The molecule has 0 bridgehead atoms. The Kier molecular flexibility index (Phi) is 4.60. The lowest BCUT2D eigenvalue weighted by Gasteiger charge is -2.20. The second-order valence-electron chi connectivity index (χ2n) is 4.59. The van der Waals surface area contributed by atoms with Gasteiger partial charge in [-0.05, 0) is 46.6 Å². The molecule has 0 spiro atoms. The second-order valence-corrected chi connectivity index (χ2v) is 6.50. The molecule has 102 valence electrons. The summed E-state index contributed by atoms with van der Waals surface area (Å²) in [6.45, 7) is 2.53. The fraction of sp³-hybridized carbons (Fsp3) is 0.286. The summed E-state index contributed by atoms with van der Waals surface area (Å²) in [4.78, 5) is 3.09. The zero-order chi connectivity index (χ0) is 14.0. The first-order chi connectivity index (χ1) is 8.97. The third-order valence-electron chi connectivity index (χ3n) is 2.92. The van der Waals surface area contributed by atoms with Crippen molar-refractivity contribution in [3.8, 4) is 0 Å². The first kappa shape index (κ1) is 14.5. The van der Waals surface area contributed by atoms with Crippen LogP contribution in [0.1, 0.15) is 23.4 Å². The van der Waals surface area contributed by atoms with Crippen LogP contribution in [0.4, 0.5) is 10.1 Å². The molecule has 5 heteroatoms. The number of hydrogen-bond donors (Lipinski definition) is 1. The minimum Gasteiger partial charge on any atom is -0.367 e. The van der Waals surface area contributed by atoms with Gasteiger partial charge in [0, 0.05) is 27.8 Å². The molecule has 0 aliphatic heterocycles. The summed E-state index contributed by atoms with van der Waals surface area (Å²) in [6, 6.07) is 7.08. The predicted octanol–water partition coefficient (Wildman–Crippen LogP) is 4.31. The van der Waals surface area contributed by atoms with Crippen LogP contribution in [-0.4, -0.2) is 7.05 Å². The summed E-state index contributed by atoms with van der Waals surface area (Å²) in [5.41, 5.74) is 7.16. The molecule has 2 aromatic rings. The Morgan fingerprint density at radius 1 is 1.42 bits per heavy atom. The van der Waals surface area contributed by atoms with E-state index in [1.807, 2.05) is 30.3 Å². The molecular formula is C14H16BrFN2S. The van der Waals surface area contributed by atoms with E-state index in [1.165, 1.54) is 10.9 Å². The molecule has 2 nitrogen and oxygen atoms in total. The summed E-state index contributed by atoms with van der Waals surface area (Å²) in [7, 11) is 1.89. The van der Waals surface area contributed by atoms with Crippen molar-refractivity contribution in [3.63, 3.8) is 0 Å². The maximum absolute atomic E-state index is 14.1. The van der Waals surface area contributed by atoms with Gasteiger partial charge in [-0.15, -0.1) is 11.3 Å². The summed E-state index contributed by atoms with van der Waals surface area (Å²) in [6.07, 6.45) is 0. The smallest absolute Gasteiger partial charge is 0.146 e. The highest BCUT2D eigenvalue weighted by Crippen LogP contribution is 2.26. The Hall–Kier alpha value is -0.910. The van der Waals surface area contributed by atoms with Crippen LogP contribution in [0.25, 0.3) is 0 Å². The van der Waals surface area contributed by atoms with E-state index in [0.29, 0.717) is 12.2 Å². The van der Waals surface area contributed by atoms with Crippen molar-refractivity contribution in [2.24, 2.45) is 5.73 Å². The summed E-state index contributed by atoms with van der Waals surface area (Å²) in [5, 5.41) is 2.03. The van der Waals surface area contributed by atoms with Crippen LogP contribution in [0.3, 0.4) is 0 Å². The Morgan fingerprint density at radius 2 is 2.16 bits per heavy atom. The lowest BCUT2D eigenvalue weighted by Crippen LogP contribution is -2.17. The van der Waals surface area contributed by atoms with E-state index in [1.54, 1.807) is 17.4 Å². The molecule has 1 heterocycles. The van der Waals surface area contributed by atoms with E-state index < -0.39 is 0 Å².